The lowest BCUT2D eigenvalue weighted by molar-refractivity contribution is 0.185. The molecule has 0 saturated carbocycles. The highest BCUT2D eigenvalue weighted by Crippen LogP contribution is 2.09. The van der Waals surface area contributed by atoms with E-state index in [9.17, 15) is 13.2 Å². The highest BCUT2D eigenvalue weighted by Gasteiger charge is 2.20. The molecule has 0 bridgehead atoms. The number of rotatable bonds is 5. The second kappa shape index (κ2) is 6.18. The smallest absolute Gasteiger partial charge is 0.314 e. The number of nitrogens with zero attached hydrogens (tertiary/aromatic N) is 1. The fourth-order valence-electron chi connectivity index (χ4n) is 1.82. The quantitative estimate of drug-likeness (QED) is 0.535. The first-order valence-corrected chi connectivity index (χ1v) is 7.50. The van der Waals surface area contributed by atoms with Gasteiger partial charge in [0.15, 0.2) is 0 Å². The molecule has 1 aliphatic rings. The summed E-state index contributed by atoms with van der Waals surface area (Å²) in [6, 6.07) is -0.0471. The van der Waals surface area contributed by atoms with E-state index in [1.807, 2.05) is 0 Å². The Hall–Kier alpha value is -0.860. The Bertz CT molecular complexity index is 349. The number of sulfonamides is 1. The van der Waals surface area contributed by atoms with Gasteiger partial charge >= 0.3 is 6.03 Å². The van der Waals surface area contributed by atoms with Crippen LogP contribution in [0.25, 0.3) is 0 Å². The molecule has 0 aliphatic carbocycles. The van der Waals surface area contributed by atoms with Crippen LogP contribution in [0.4, 0.5) is 4.79 Å². The fraction of sp³-hybridized carbons (Fsp3) is 0.889. The molecule has 8 heteroatoms. The minimum atomic E-state index is -3.11. The average Bonchev–Trinajstić information content (AvgIpc) is 2.24. The van der Waals surface area contributed by atoms with E-state index in [0.717, 1.165) is 19.1 Å². The lowest BCUT2D eigenvalue weighted by Crippen LogP contribution is -2.47. The molecule has 1 fully saturated rings. The van der Waals surface area contributed by atoms with Gasteiger partial charge in [0, 0.05) is 32.2 Å². The number of likely N-dealkylation sites (tertiary alicyclic amines) is 1. The van der Waals surface area contributed by atoms with Gasteiger partial charge in [0.2, 0.25) is 10.0 Å². The predicted molar refractivity (Wildman–Crippen MR) is 65.0 cm³/mol. The molecule has 1 saturated heterocycles. The van der Waals surface area contributed by atoms with E-state index in [4.69, 9.17) is 5.73 Å². The summed E-state index contributed by atoms with van der Waals surface area (Å²) in [5, 5.41) is 3.25. The van der Waals surface area contributed by atoms with Crippen molar-refractivity contribution in [3.05, 3.63) is 0 Å². The van der Waals surface area contributed by atoms with Gasteiger partial charge in [-0.05, 0) is 12.8 Å². The van der Waals surface area contributed by atoms with E-state index < -0.39 is 10.0 Å². The first-order chi connectivity index (χ1) is 7.88. The lowest BCUT2D eigenvalue weighted by atomic mass is 10.1. The minimum Gasteiger partial charge on any atom is -0.351 e. The zero-order valence-corrected chi connectivity index (χ0v) is 10.8. The summed E-state index contributed by atoms with van der Waals surface area (Å²) in [6.45, 7) is 2.29. The molecule has 1 rings (SSSR count). The van der Waals surface area contributed by atoms with Crippen molar-refractivity contribution < 1.29 is 13.2 Å². The highest BCUT2D eigenvalue weighted by molar-refractivity contribution is 7.88. The van der Waals surface area contributed by atoms with Crippen molar-refractivity contribution in [2.24, 2.45) is 5.73 Å². The zero-order chi connectivity index (χ0) is 12.9. The fourth-order valence-corrected chi connectivity index (χ4v) is 2.29. The maximum Gasteiger partial charge on any atom is 0.314 e. The van der Waals surface area contributed by atoms with Gasteiger partial charge in [-0.25, -0.2) is 17.9 Å². The van der Waals surface area contributed by atoms with E-state index in [0.29, 0.717) is 32.2 Å². The van der Waals surface area contributed by atoms with Crippen molar-refractivity contribution in [1.29, 1.82) is 0 Å². The van der Waals surface area contributed by atoms with Gasteiger partial charge in [0.05, 0.1) is 6.26 Å². The van der Waals surface area contributed by atoms with Crippen molar-refractivity contribution in [2.45, 2.75) is 18.9 Å². The second-order valence-electron chi connectivity index (χ2n) is 4.22. The summed E-state index contributed by atoms with van der Waals surface area (Å²) in [7, 11) is -3.11. The van der Waals surface area contributed by atoms with Crippen LogP contribution >= 0.6 is 0 Å². The van der Waals surface area contributed by atoms with Crippen molar-refractivity contribution in [1.82, 2.24) is 14.9 Å². The molecule has 0 aromatic rings. The Kier molecular flexibility index (Phi) is 5.16. The van der Waals surface area contributed by atoms with Gasteiger partial charge in [0.25, 0.3) is 0 Å². The number of carbonyl (C=O) groups is 1. The third kappa shape index (κ3) is 5.85. The number of primary amides is 1. The monoisotopic (exact) mass is 264 g/mol. The van der Waals surface area contributed by atoms with Crippen LogP contribution in [0.15, 0.2) is 0 Å². The van der Waals surface area contributed by atoms with E-state index in [1.54, 1.807) is 4.90 Å². The molecule has 0 aromatic heterocycles. The first-order valence-electron chi connectivity index (χ1n) is 5.61. The molecule has 0 radical (unpaired) electrons. The Morgan fingerprint density at radius 3 is 2.41 bits per heavy atom. The molecule has 1 aliphatic heterocycles. The Balaban J connectivity index is 2.12. The Morgan fingerprint density at radius 2 is 1.94 bits per heavy atom. The van der Waals surface area contributed by atoms with E-state index in [-0.39, 0.29) is 6.03 Å². The molecule has 0 aromatic carbocycles. The van der Waals surface area contributed by atoms with Crippen LogP contribution in [0.3, 0.4) is 0 Å². The van der Waals surface area contributed by atoms with Crippen LogP contribution in [0.1, 0.15) is 12.8 Å². The molecule has 2 amide bonds. The number of nitrogens with two attached hydrogens (primary N) is 1. The maximum atomic E-state index is 10.9. The molecule has 100 valence electrons. The van der Waals surface area contributed by atoms with Gasteiger partial charge in [-0.3, -0.25) is 0 Å². The summed E-state index contributed by atoms with van der Waals surface area (Å²) in [5.74, 6) is 0. The van der Waals surface area contributed by atoms with Crippen molar-refractivity contribution >= 4 is 16.1 Å². The number of hydrogen-bond acceptors (Lipinski definition) is 4. The van der Waals surface area contributed by atoms with Crippen molar-refractivity contribution in [3.63, 3.8) is 0 Å². The molecule has 0 spiro atoms. The molecular weight excluding hydrogens is 244 g/mol. The molecule has 0 unspecified atom stereocenters. The molecule has 1 heterocycles. The molecule has 7 nitrogen and oxygen atoms in total. The Labute approximate surface area is 102 Å². The number of nitrogens with one attached hydrogen (secondary N) is 2. The van der Waals surface area contributed by atoms with Crippen LogP contribution in [0, 0.1) is 0 Å². The number of urea groups is 1. The largest absolute Gasteiger partial charge is 0.351 e. The maximum absolute atomic E-state index is 10.9. The van der Waals surface area contributed by atoms with Crippen molar-refractivity contribution in [2.75, 3.05) is 32.4 Å². The first kappa shape index (κ1) is 14.2. The normalized spacial score (nSPS) is 18.3. The van der Waals surface area contributed by atoms with Gasteiger partial charge in [-0.1, -0.05) is 0 Å². The topological polar surface area (TPSA) is 105 Å². The number of hydrogen-bond donors (Lipinski definition) is 3. The van der Waals surface area contributed by atoms with Crippen molar-refractivity contribution in [3.8, 4) is 0 Å². The second-order valence-corrected chi connectivity index (χ2v) is 6.05. The summed E-state index contributed by atoms with van der Waals surface area (Å²) < 4.78 is 24.0. The molecular formula is C9H20N4O3S. The van der Waals surface area contributed by atoms with Gasteiger partial charge in [-0.15, -0.1) is 0 Å². The summed E-state index contributed by atoms with van der Waals surface area (Å²) >= 11 is 0. The van der Waals surface area contributed by atoms with E-state index >= 15 is 0 Å². The summed E-state index contributed by atoms with van der Waals surface area (Å²) in [4.78, 5) is 12.5. The van der Waals surface area contributed by atoms with Crippen LogP contribution < -0.4 is 15.8 Å². The summed E-state index contributed by atoms with van der Waals surface area (Å²) in [6.07, 6.45) is 2.84. The van der Waals surface area contributed by atoms with Crippen LogP contribution in [-0.4, -0.2) is 57.8 Å². The van der Waals surface area contributed by atoms with Gasteiger partial charge in [0.1, 0.15) is 0 Å². The molecule has 4 N–H and O–H groups in total. The summed E-state index contributed by atoms with van der Waals surface area (Å²) in [5.41, 5.74) is 5.17. The Morgan fingerprint density at radius 1 is 1.35 bits per heavy atom. The van der Waals surface area contributed by atoms with Gasteiger partial charge < -0.3 is 16.0 Å². The number of carbonyl (C=O) groups excluding carboxylic acids is 1. The highest BCUT2D eigenvalue weighted by atomic mass is 32.2. The SMILES string of the molecule is CS(=O)(=O)NCCNC1CCN(C(N)=O)CC1. The molecule has 17 heavy (non-hydrogen) atoms. The third-order valence-electron chi connectivity index (χ3n) is 2.73. The lowest BCUT2D eigenvalue weighted by Gasteiger charge is -2.31. The third-order valence-corrected chi connectivity index (χ3v) is 3.46. The van der Waals surface area contributed by atoms with Crippen LogP contribution in [0.2, 0.25) is 0 Å². The van der Waals surface area contributed by atoms with E-state index in [2.05, 4.69) is 10.0 Å². The predicted octanol–water partition coefficient (Wildman–Crippen LogP) is -1.33. The standard InChI is InChI=1S/C9H20N4O3S/c1-17(15,16)12-5-4-11-8-2-6-13(7-3-8)9(10)14/h8,11-12H,2-7H2,1H3,(H2,10,14). The van der Waals surface area contributed by atoms with Crippen LogP contribution in [-0.2, 0) is 10.0 Å². The van der Waals surface area contributed by atoms with E-state index in [1.165, 1.54) is 0 Å². The van der Waals surface area contributed by atoms with Gasteiger partial charge in [-0.2, -0.15) is 0 Å². The number of amides is 2. The minimum absolute atomic E-state index is 0.326. The zero-order valence-electron chi connectivity index (χ0n) is 9.98. The average molecular weight is 264 g/mol. The molecule has 0 atom stereocenters. The number of piperidine rings is 1. The van der Waals surface area contributed by atoms with Crippen LogP contribution in [0.5, 0.6) is 0 Å².